The maximum atomic E-state index is 12.6. The van der Waals surface area contributed by atoms with Crippen LogP contribution in [0, 0.1) is 6.92 Å². The fourth-order valence-electron chi connectivity index (χ4n) is 2.81. The molecule has 2 aromatic carbocycles. The third-order valence-electron chi connectivity index (χ3n) is 4.22. The van der Waals surface area contributed by atoms with Crippen molar-refractivity contribution in [1.29, 1.82) is 0 Å². The van der Waals surface area contributed by atoms with Crippen molar-refractivity contribution in [3.05, 3.63) is 63.3 Å². The van der Waals surface area contributed by atoms with Crippen molar-refractivity contribution in [2.75, 3.05) is 18.5 Å². The van der Waals surface area contributed by atoms with Gasteiger partial charge in [0.25, 0.3) is 5.91 Å². The summed E-state index contributed by atoms with van der Waals surface area (Å²) in [4.78, 5) is 37.9. The number of amides is 4. The molecule has 1 aliphatic rings. The van der Waals surface area contributed by atoms with Crippen LogP contribution in [0.2, 0.25) is 10.0 Å². The number of benzene rings is 2. The summed E-state index contributed by atoms with van der Waals surface area (Å²) in [6.07, 6.45) is 1.44. The summed E-state index contributed by atoms with van der Waals surface area (Å²) in [5.74, 6) is -0.768. The van der Waals surface area contributed by atoms with E-state index in [2.05, 4.69) is 10.6 Å². The van der Waals surface area contributed by atoms with Gasteiger partial charge in [-0.3, -0.25) is 9.59 Å². The summed E-state index contributed by atoms with van der Waals surface area (Å²) in [6, 6.07) is 9.62. The Morgan fingerprint density at radius 2 is 1.80 bits per heavy atom. The molecule has 7 nitrogen and oxygen atoms in total. The van der Waals surface area contributed by atoms with Gasteiger partial charge in [-0.15, -0.1) is 0 Å². The zero-order chi connectivity index (χ0) is 21.8. The zero-order valence-corrected chi connectivity index (χ0v) is 17.8. The maximum absolute atomic E-state index is 12.6. The number of hydrogen-bond donors (Lipinski definition) is 2. The number of hydrogen-bond acceptors (Lipinski definition) is 4. The van der Waals surface area contributed by atoms with Crippen LogP contribution in [0.25, 0.3) is 6.08 Å². The molecular weight excluding hydrogens is 429 g/mol. The molecule has 3 rings (SSSR count). The molecule has 30 heavy (non-hydrogen) atoms. The molecule has 1 heterocycles. The molecule has 9 heteroatoms. The highest BCUT2D eigenvalue weighted by Gasteiger charge is 2.35. The maximum Gasteiger partial charge on any atom is 0.329 e. The fourth-order valence-corrected chi connectivity index (χ4v) is 3.42. The minimum atomic E-state index is -0.687. The van der Waals surface area contributed by atoms with Gasteiger partial charge in [-0.2, -0.15) is 0 Å². The van der Waals surface area contributed by atoms with Crippen molar-refractivity contribution in [2.45, 2.75) is 13.8 Å². The van der Waals surface area contributed by atoms with Crippen LogP contribution in [0.15, 0.2) is 42.1 Å². The smallest absolute Gasteiger partial charge is 0.329 e. The summed E-state index contributed by atoms with van der Waals surface area (Å²) >= 11 is 12.3. The van der Waals surface area contributed by atoms with E-state index >= 15 is 0 Å². The van der Waals surface area contributed by atoms with Crippen molar-refractivity contribution in [3.63, 3.8) is 0 Å². The van der Waals surface area contributed by atoms with E-state index < -0.39 is 24.4 Å². The summed E-state index contributed by atoms with van der Waals surface area (Å²) in [5, 5.41) is 5.67. The van der Waals surface area contributed by atoms with Gasteiger partial charge in [-0.1, -0.05) is 40.9 Å². The summed E-state index contributed by atoms with van der Waals surface area (Å²) in [7, 11) is 0. The lowest BCUT2D eigenvalue weighted by molar-refractivity contribution is -0.127. The van der Waals surface area contributed by atoms with E-state index in [1.807, 2.05) is 19.1 Å². The first-order valence-corrected chi connectivity index (χ1v) is 9.87. The summed E-state index contributed by atoms with van der Waals surface area (Å²) in [5.41, 5.74) is 2.14. The minimum absolute atomic E-state index is 0.0134. The molecule has 1 aliphatic heterocycles. The van der Waals surface area contributed by atoms with Gasteiger partial charge >= 0.3 is 6.03 Å². The number of aryl methyl sites for hydroxylation is 1. The van der Waals surface area contributed by atoms with Crippen molar-refractivity contribution < 1.29 is 19.1 Å². The quantitative estimate of drug-likeness (QED) is 0.512. The van der Waals surface area contributed by atoms with Crippen LogP contribution in [-0.2, 0) is 9.59 Å². The Labute approximate surface area is 183 Å². The molecule has 0 radical (unpaired) electrons. The van der Waals surface area contributed by atoms with E-state index in [1.54, 1.807) is 31.2 Å². The van der Waals surface area contributed by atoms with Crippen LogP contribution >= 0.6 is 23.2 Å². The second kappa shape index (κ2) is 9.19. The van der Waals surface area contributed by atoms with E-state index in [0.29, 0.717) is 23.6 Å². The van der Waals surface area contributed by atoms with E-state index in [0.717, 1.165) is 10.5 Å². The Morgan fingerprint density at radius 3 is 2.40 bits per heavy atom. The van der Waals surface area contributed by atoms with Crippen molar-refractivity contribution in [3.8, 4) is 5.75 Å². The third-order valence-corrected chi connectivity index (χ3v) is 4.78. The molecule has 2 aromatic rings. The number of urea groups is 1. The van der Waals surface area contributed by atoms with E-state index in [-0.39, 0.29) is 15.7 Å². The Hall–Kier alpha value is -3.03. The molecule has 0 saturated carbocycles. The predicted molar refractivity (Wildman–Crippen MR) is 116 cm³/mol. The number of halogens is 2. The molecule has 2 N–H and O–H groups in total. The third kappa shape index (κ3) is 4.93. The predicted octanol–water partition coefficient (Wildman–Crippen LogP) is 4.23. The van der Waals surface area contributed by atoms with Gasteiger partial charge in [0.2, 0.25) is 5.91 Å². The molecular formula is C21H19Cl2N3O4. The molecule has 1 fully saturated rings. The van der Waals surface area contributed by atoms with E-state index in [4.69, 9.17) is 27.9 Å². The lowest BCUT2D eigenvalue weighted by atomic mass is 10.1. The number of ether oxygens (including phenoxy) is 1. The van der Waals surface area contributed by atoms with Crippen LogP contribution in [0.4, 0.5) is 10.5 Å². The monoisotopic (exact) mass is 447 g/mol. The van der Waals surface area contributed by atoms with E-state index in [1.165, 1.54) is 6.08 Å². The second-order valence-electron chi connectivity index (χ2n) is 6.54. The molecule has 0 spiro atoms. The van der Waals surface area contributed by atoms with Crippen molar-refractivity contribution in [1.82, 2.24) is 10.2 Å². The number of rotatable bonds is 6. The largest absolute Gasteiger partial charge is 0.491 e. The molecule has 156 valence electrons. The molecule has 1 saturated heterocycles. The molecule has 0 aromatic heterocycles. The average molecular weight is 448 g/mol. The van der Waals surface area contributed by atoms with Gasteiger partial charge in [0.1, 0.15) is 12.2 Å². The van der Waals surface area contributed by atoms with Crippen LogP contribution in [0.3, 0.4) is 0 Å². The van der Waals surface area contributed by atoms with Gasteiger partial charge in [0.15, 0.2) is 5.75 Å². The number of carbonyl (C=O) groups excluding carboxylic acids is 3. The van der Waals surface area contributed by atoms with Crippen LogP contribution in [-0.4, -0.2) is 35.9 Å². The summed E-state index contributed by atoms with van der Waals surface area (Å²) < 4.78 is 5.37. The first-order chi connectivity index (χ1) is 14.3. The summed E-state index contributed by atoms with van der Waals surface area (Å²) in [6.45, 7) is 3.71. The average Bonchev–Trinajstić information content (AvgIpc) is 2.94. The van der Waals surface area contributed by atoms with Gasteiger partial charge in [-0.25, -0.2) is 9.69 Å². The Balaban J connectivity index is 1.72. The number of nitrogens with zero attached hydrogens (tertiary/aromatic N) is 1. The first-order valence-electron chi connectivity index (χ1n) is 9.11. The molecule has 0 unspecified atom stereocenters. The number of nitrogens with one attached hydrogen (secondary N) is 2. The standard InChI is InChI=1S/C21H19Cl2N3O4/c1-3-30-19-15(22)8-13(9-16(19)23)10-17-20(28)26(21(29)25-17)11-18(27)24-14-6-4-12(2)5-7-14/h4-10H,3,11H2,1-2H3,(H,24,27)(H,25,29)/b17-10+. The minimum Gasteiger partial charge on any atom is -0.491 e. The Morgan fingerprint density at radius 1 is 1.17 bits per heavy atom. The van der Waals surface area contributed by atoms with Gasteiger partial charge in [0.05, 0.1) is 16.7 Å². The highest BCUT2D eigenvalue weighted by atomic mass is 35.5. The van der Waals surface area contributed by atoms with Crippen LogP contribution in [0.5, 0.6) is 5.75 Å². The fraction of sp³-hybridized carbons (Fsp3) is 0.190. The highest BCUT2D eigenvalue weighted by molar-refractivity contribution is 6.37. The number of anilines is 1. The van der Waals surface area contributed by atoms with E-state index in [9.17, 15) is 14.4 Å². The Kier molecular flexibility index (Phi) is 6.64. The number of imide groups is 1. The van der Waals surface area contributed by atoms with Gasteiger partial charge < -0.3 is 15.4 Å². The van der Waals surface area contributed by atoms with Crippen molar-refractivity contribution in [2.24, 2.45) is 0 Å². The SMILES string of the molecule is CCOc1c(Cl)cc(/C=C2/NC(=O)N(CC(=O)Nc3ccc(C)cc3)C2=O)cc1Cl. The topological polar surface area (TPSA) is 87.7 Å². The first kappa shape index (κ1) is 21.7. The van der Waals surface area contributed by atoms with Crippen molar-refractivity contribution >= 4 is 52.8 Å². The highest BCUT2D eigenvalue weighted by Crippen LogP contribution is 2.35. The Bertz CT molecular complexity index is 1010. The molecule has 0 bridgehead atoms. The molecule has 0 aliphatic carbocycles. The van der Waals surface area contributed by atoms with Crippen LogP contribution < -0.4 is 15.4 Å². The van der Waals surface area contributed by atoms with Crippen LogP contribution in [0.1, 0.15) is 18.1 Å². The lowest BCUT2D eigenvalue weighted by Gasteiger charge is -2.12. The second-order valence-corrected chi connectivity index (χ2v) is 7.35. The molecule has 4 amide bonds. The lowest BCUT2D eigenvalue weighted by Crippen LogP contribution is -2.38. The molecule has 0 atom stereocenters. The normalized spacial score (nSPS) is 14.8. The zero-order valence-electron chi connectivity index (χ0n) is 16.3. The van der Waals surface area contributed by atoms with Gasteiger partial charge in [-0.05, 0) is 49.8 Å². The number of carbonyl (C=O) groups is 3. The van der Waals surface area contributed by atoms with Gasteiger partial charge in [0, 0.05) is 5.69 Å².